The summed E-state index contributed by atoms with van der Waals surface area (Å²) in [6.07, 6.45) is -2.44. The van der Waals surface area contributed by atoms with Crippen molar-refractivity contribution >= 4 is 0 Å². The van der Waals surface area contributed by atoms with Crippen molar-refractivity contribution in [2.24, 2.45) is 0 Å². The van der Waals surface area contributed by atoms with E-state index in [0.29, 0.717) is 11.1 Å². The predicted molar refractivity (Wildman–Crippen MR) is 49.3 cm³/mol. The Morgan fingerprint density at radius 1 is 1.27 bits per heavy atom. The second kappa shape index (κ2) is 3.52. The van der Waals surface area contributed by atoms with E-state index in [1.165, 1.54) is 12.1 Å². The molecule has 82 valence electrons. The molecule has 0 radical (unpaired) electrons. The summed E-state index contributed by atoms with van der Waals surface area (Å²) in [6, 6.07) is 3.57. The minimum absolute atomic E-state index is 0.191. The van der Waals surface area contributed by atoms with E-state index in [2.05, 4.69) is 0 Å². The molecule has 0 spiro atoms. The third kappa shape index (κ3) is 2.15. The van der Waals surface area contributed by atoms with Gasteiger partial charge in [-0.15, -0.1) is 0 Å². The minimum Gasteiger partial charge on any atom is -0.392 e. The molecule has 0 bridgehead atoms. The molecule has 1 aromatic rings. The number of hydrogen-bond donors (Lipinski definition) is 1. The predicted octanol–water partition coefficient (Wildman–Crippen LogP) is 3.08. The van der Waals surface area contributed by atoms with Gasteiger partial charge in [0, 0.05) is 0 Å². The molecular formula is C11H11F3O. The summed E-state index contributed by atoms with van der Waals surface area (Å²) in [5.74, 6) is 0.217. The molecule has 1 aliphatic carbocycles. The summed E-state index contributed by atoms with van der Waals surface area (Å²) in [7, 11) is 0. The van der Waals surface area contributed by atoms with Gasteiger partial charge in [0.15, 0.2) is 0 Å². The lowest BCUT2D eigenvalue weighted by Crippen LogP contribution is -2.06. The van der Waals surface area contributed by atoms with Crippen molar-refractivity contribution in [2.75, 3.05) is 0 Å². The molecule has 0 unspecified atom stereocenters. The lowest BCUT2D eigenvalue weighted by Gasteiger charge is -2.11. The maximum absolute atomic E-state index is 12.4. The summed E-state index contributed by atoms with van der Waals surface area (Å²) < 4.78 is 37.3. The molecule has 15 heavy (non-hydrogen) atoms. The first-order valence-electron chi connectivity index (χ1n) is 4.83. The number of halogens is 3. The highest BCUT2D eigenvalue weighted by molar-refractivity contribution is 5.37. The summed E-state index contributed by atoms with van der Waals surface area (Å²) in [6.45, 7) is -0.191. The van der Waals surface area contributed by atoms with Gasteiger partial charge in [0.25, 0.3) is 0 Å². The Kier molecular flexibility index (Phi) is 2.46. The zero-order valence-corrected chi connectivity index (χ0v) is 8.01. The first-order chi connectivity index (χ1) is 7.02. The summed E-state index contributed by atoms with van der Waals surface area (Å²) >= 11 is 0. The third-order valence-electron chi connectivity index (χ3n) is 2.66. The van der Waals surface area contributed by atoms with E-state index >= 15 is 0 Å². The van der Waals surface area contributed by atoms with Crippen molar-refractivity contribution in [1.29, 1.82) is 0 Å². The van der Waals surface area contributed by atoms with E-state index in [-0.39, 0.29) is 12.5 Å². The quantitative estimate of drug-likeness (QED) is 0.805. The van der Waals surface area contributed by atoms with Gasteiger partial charge in [0.2, 0.25) is 0 Å². The molecule has 1 N–H and O–H groups in total. The second-order valence-corrected chi connectivity index (χ2v) is 3.84. The van der Waals surface area contributed by atoms with E-state index in [1.54, 1.807) is 0 Å². The molecule has 0 aromatic heterocycles. The van der Waals surface area contributed by atoms with Gasteiger partial charge < -0.3 is 5.11 Å². The van der Waals surface area contributed by atoms with Crippen molar-refractivity contribution in [3.8, 4) is 0 Å². The van der Waals surface area contributed by atoms with Crippen molar-refractivity contribution in [2.45, 2.75) is 31.5 Å². The average molecular weight is 216 g/mol. The molecule has 0 atom stereocenters. The Balaban J connectivity index is 2.40. The largest absolute Gasteiger partial charge is 0.416 e. The van der Waals surface area contributed by atoms with E-state index in [4.69, 9.17) is 5.11 Å². The van der Waals surface area contributed by atoms with Crippen LogP contribution in [0.15, 0.2) is 18.2 Å². The topological polar surface area (TPSA) is 20.2 Å². The van der Waals surface area contributed by atoms with Gasteiger partial charge in [0.05, 0.1) is 12.2 Å². The van der Waals surface area contributed by atoms with Crippen LogP contribution in [0.25, 0.3) is 0 Å². The summed E-state index contributed by atoms with van der Waals surface area (Å²) in [5.41, 5.74) is 0.652. The molecule has 0 heterocycles. The molecule has 2 rings (SSSR count). The molecule has 0 saturated heterocycles. The molecule has 0 amide bonds. The average Bonchev–Trinajstić information content (AvgIpc) is 2.98. The smallest absolute Gasteiger partial charge is 0.392 e. The first kappa shape index (κ1) is 10.5. The number of rotatable bonds is 2. The number of aliphatic hydroxyl groups excluding tert-OH is 1. The Hall–Kier alpha value is -1.03. The standard InChI is InChI=1S/C11H11F3O/c12-11(13,14)9-4-3-8(6-15)10(5-9)7-1-2-7/h3-5,7,15H,1-2,6H2. The Morgan fingerprint density at radius 3 is 2.40 bits per heavy atom. The first-order valence-corrected chi connectivity index (χ1v) is 4.83. The van der Waals surface area contributed by atoms with Crippen LogP contribution in [-0.2, 0) is 12.8 Å². The molecule has 4 heteroatoms. The molecule has 1 saturated carbocycles. The molecule has 1 aliphatic rings. The fourth-order valence-electron chi connectivity index (χ4n) is 1.69. The normalized spacial score (nSPS) is 16.8. The highest BCUT2D eigenvalue weighted by atomic mass is 19.4. The van der Waals surface area contributed by atoms with Gasteiger partial charge in [-0.3, -0.25) is 0 Å². The van der Waals surface area contributed by atoms with Gasteiger partial charge in [-0.05, 0) is 42.0 Å². The van der Waals surface area contributed by atoms with E-state index in [0.717, 1.165) is 18.9 Å². The number of hydrogen-bond acceptors (Lipinski definition) is 1. The maximum Gasteiger partial charge on any atom is 0.416 e. The van der Waals surface area contributed by atoms with Crippen molar-refractivity contribution in [3.05, 3.63) is 34.9 Å². The lowest BCUT2D eigenvalue weighted by atomic mass is 10.0. The van der Waals surface area contributed by atoms with Gasteiger partial charge in [0.1, 0.15) is 0 Å². The van der Waals surface area contributed by atoms with Crippen LogP contribution in [0.4, 0.5) is 13.2 Å². The van der Waals surface area contributed by atoms with Gasteiger partial charge in [-0.2, -0.15) is 13.2 Å². The van der Waals surface area contributed by atoms with Crippen molar-refractivity contribution in [3.63, 3.8) is 0 Å². The van der Waals surface area contributed by atoms with Crippen LogP contribution in [0.5, 0.6) is 0 Å². The van der Waals surface area contributed by atoms with E-state index < -0.39 is 11.7 Å². The second-order valence-electron chi connectivity index (χ2n) is 3.84. The van der Waals surface area contributed by atoms with Crippen LogP contribution in [0.2, 0.25) is 0 Å². The van der Waals surface area contributed by atoms with Gasteiger partial charge in [-0.25, -0.2) is 0 Å². The zero-order chi connectivity index (χ0) is 11.1. The fraction of sp³-hybridized carbons (Fsp3) is 0.455. The summed E-state index contributed by atoms with van der Waals surface area (Å²) in [5, 5.41) is 9.01. The van der Waals surface area contributed by atoms with E-state index in [1.807, 2.05) is 0 Å². The molecule has 1 fully saturated rings. The number of benzene rings is 1. The van der Waals surface area contributed by atoms with Crippen LogP contribution in [0.1, 0.15) is 35.4 Å². The molecular weight excluding hydrogens is 205 g/mol. The minimum atomic E-state index is -4.29. The molecule has 0 aliphatic heterocycles. The van der Waals surface area contributed by atoms with E-state index in [9.17, 15) is 13.2 Å². The monoisotopic (exact) mass is 216 g/mol. The maximum atomic E-state index is 12.4. The number of alkyl halides is 3. The highest BCUT2D eigenvalue weighted by Gasteiger charge is 2.33. The molecule has 1 aromatic carbocycles. The van der Waals surface area contributed by atoms with Crippen LogP contribution in [0.3, 0.4) is 0 Å². The molecule has 1 nitrogen and oxygen atoms in total. The van der Waals surface area contributed by atoms with Crippen LogP contribution in [-0.4, -0.2) is 5.11 Å². The highest BCUT2D eigenvalue weighted by Crippen LogP contribution is 2.43. The van der Waals surface area contributed by atoms with Gasteiger partial charge in [-0.1, -0.05) is 6.07 Å². The summed E-state index contributed by atoms with van der Waals surface area (Å²) in [4.78, 5) is 0. The lowest BCUT2D eigenvalue weighted by molar-refractivity contribution is -0.137. The van der Waals surface area contributed by atoms with Crippen LogP contribution >= 0.6 is 0 Å². The van der Waals surface area contributed by atoms with Crippen molar-refractivity contribution in [1.82, 2.24) is 0 Å². The fourth-order valence-corrected chi connectivity index (χ4v) is 1.69. The van der Waals surface area contributed by atoms with Crippen LogP contribution < -0.4 is 0 Å². The Bertz CT molecular complexity index is 367. The Labute approximate surface area is 85.5 Å². The van der Waals surface area contributed by atoms with Crippen molar-refractivity contribution < 1.29 is 18.3 Å². The van der Waals surface area contributed by atoms with Crippen LogP contribution in [0, 0.1) is 0 Å². The SMILES string of the molecule is OCc1ccc(C(F)(F)F)cc1C1CC1. The van der Waals surface area contributed by atoms with Gasteiger partial charge >= 0.3 is 6.18 Å². The zero-order valence-electron chi connectivity index (χ0n) is 8.01. The third-order valence-corrected chi connectivity index (χ3v) is 2.66. The Morgan fingerprint density at radius 2 is 1.93 bits per heavy atom. The number of aliphatic hydroxyl groups is 1.